The lowest BCUT2D eigenvalue weighted by Gasteiger charge is -2.44. The van der Waals surface area contributed by atoms with Crippen LogP contribution >= 0.6 is 0 Å². The molecule has 174 valence electrons. The summed E-state index contributed by atoms with van der Waals surface area (Å²) < 4.78 is 7.00. The summed E-state index contributed by atoms with van der Waals surface area (Å²) in [5, 5.41) is 3.03. The molecule has 3 amide bonds. The van der Waals surface area contributed by atoms with Crippen LogP contribution in [0, 0.1) is 6.92 Å². The maximum Gasteiger partial charge on any atom is 0.275 e. The minimum absolute atomic E-state index is 0.00204. The molecule has 2 aliphatic heterocycles. The van der Waals surface area contributed by atoms with Crippen molar-refractivity contribution < 1.29 is 19.1 Å². The third kappa shape index (κ3) is 3.90. The van der Waals surface area contributed by atoms with E-state index in [1.807, 2.05) is 31.2 Å². The van der Waals surface area contributed by atoms with Crippen molar-refractivity contribution in [1.29, 1.82) is 0 Å². The van der Waals surface area contributed by atoms with Crippen LogP contribution < -0.4 is 5.32 Å². The molecule has 3 heterocycles. The van der Waals surface area contributed by atoms with Gasteiger partial charge in [-0.2, -0.15) is 0 Å². The Hall–Kier alpha value is -3.20. The molecule has 2 fully saturated rings. The maximum absolute atomic E-state index is 13.7. The number of benzene rings is 1. The zero-order chi connectivity index (χ0) is 23.2. The number of rotatable bonds is 5. The molecule has 1 unspecified atom stereocenters. The largest absolute Gasteiger partial charge is 0.378 e. The molecule has 0 spiro atoms. The van der Waals surface area contributed by atoms with E-state index in [-0.39, 0.29) is 41.7 Å². The van der Waals surface area contributed by atoms with Crippen LogP contribution in [0.15, 0.2) is 30.6 Å². The number of aromatic nitrogens is 2. The third-order valence-corrected chi connectivity index (χ3v) is 6.71. The minimum Gasteiger partial charge on any atom is -0.378 e. The summed E-state index contributed by atoms with van der Waals surface area (Å²) in [5.41, 5.74) is 1.52. The van der Waals surface area contributed by atoms with Crippen molar-refractivity contribution in [3.8, 4) is 0 Å². The number of hydrogen-bond donors (Lipinski definition) is 1. The highest BCUT2D eigenvalue weighted by molar-refractivity contribution is 6.07. The second-order valence-electron chi connectivity index (χ2n) is 9.33. The molecule has 1 saturated carbocycles. The van der Waals surface area contributed by atoms with Crippen LogP contribution in [-0.2, 0) is 22.6 Å². The van der Waals surface area contributed by atoms with Gasteiger partial charge in [-0.3, -0.25) is 14.4 Å². The van der Waals surface area contributed by atoms with Crippen molar-refractivity contribution in [1.82, 2.24) is 24.7 Å². The first kappa shape index (κ1) is 21.6. The summed E-state index contributed by atoms with van der Waals surface area (Å²) in [6, 6.07) is 7.98. The molecule has 5 rings (SSSR count). The SMILES string of the molecule is Cc1cccc(CNC(=O)C2(C)Cn3cnc(C(=O)N4CCOCC4)c3C(=O)N2C2CC2)c1. The van der Waals surface area contributed by atoms with Crippen molar-refractivity contribution in [2.24, 2.45) is 0 Å². The molecular formula is C24H29N5O4. The Morgan fingerprint density at radius 2 is 2.00 bits per heavy atom. The second kappa shape index (κ2) is 8.30. The lowest BCUT2D eigenvalue weighted by molar-refractivity contribution is -0.133. The first-order chi connectivity index (χ1) is 15.9. The van der Waals surface area contributed by atoms with Crippen LogP contribution in [0.25, 0.3) is 0 Å². The summed E-state index contributed by atoms with van der Waals surface area (Å²) in [6.07, 6.45) is 3.22. The van der Waals surface area contributed by atoms with Crippen molar-refractivity contribution in [2.45, 2.75) is 51.4 Å². The number of fused-ring (bicyclic) bond motifs is 1. The molecule has 0 bridgehead atoms. The Balaban J connectivity index is 1.41. The van der Waals surface area contributed by atoms with Gasteiger partial charge in [0.2, 0.25) is 5.91 Å². The summed E-state index contributed by atoms with van der Waals surface area (Å²) in [4.78, 5) is 47.9. The zero-order valence-corrected chi connectivity index (χ0v) is 19.0. The highest BCUT2D eigenvalue weighted by Crippen LogP contribution is 2.39. The predicted octanol–water partition coefficient (Wildman–Crippen LogP) is 1.36. The van der Waals surface area contributed by atoms with Gasteiger partial charge in [-0.1, -0.05) is 29.8 Å². The minimum atomic E-state index is -1.06. The topological polar surface area (TPSA) is 96.8 Å². The van der Waals surface area contributed by atoms with E-state index in [0.29, 0.717) is 32.8 Å². The van der Waals surface area contributed by atoms with Crippen LogP contribution in [0.4, 0.5) is 0 Å². The Morgan fingerprint density at radius 3 is 2.70 bits per heavy atom. The van der Waals surface area contributed by atoms with Crippen molar-refractivity contribution in [3.05, 3.63) is 53.1 Å². The smallest absolute Gasteiger partial charge is 0.275 e. The number of morpholine rings is 1. The van der Waals surface area contributed by atoms with Crippen LogP contribution in [0.3, 0.4) is 0 Å². The highest BCUT2D eigenvalue weighted by atomic mass is 16.5. The number of nitrogens with zero attached hydrogens (tertiary/aromatic N) is 4. The van der Waals surface area contributed by atoms with Crippen molar-refractivity contribution in [3.63, 3.8) is 0 Å². The van der Waals surface area contributed by atoms with E-state index in [4.69, 9.17) is 4.74 Å². The average Bonchev–Trinajstić information content (AvgIpc) is 3.55. The molecule has 33 heavy (non-hydrogen) atoms. The lowest BCUT2D eigenvalue weighted by atomic mass is 9.93. The van der Waals surface area contributed by atoms with Gasteiger partial charge in [0.15, 0.2) is 5.69 Å². The molecule has 9 heteroatoms. The molecule has 1 aliphatic carbocycles. The lowest BCUT2D eigenvalue weighted by Crippen LogP contribution is -2.64. The third-order valence-electron chi connectivity index (χ3n) is 6.71. The van der Waals surface area contributed by atoms with Crippen LogP contribution in [0.5, 0.6) is 0 Å². The van der Waals surface area contributed by atoms with E-state index < -0.39 is 5.54 Å². The molecule has 3 aliphatic rings. The van der Waals surface area contributed by atoms with Crippen LogP contribution in [0.1, 0.15) is 51.9 Å². The summed E-state index contributed by atoms with van der Waals surface area (Å²) >= 11 is 0. The van der Waals surface area contributed by atoms with E-state index in [0.717, 1.165) is 24.0 Å². The predicted molar refractivity (Wildman–Crippen MR) is 120 cm³/mol. The van der Waals surface area contributed by atoms with Gasteiger partial charge in [-0.05, 0) is 32.3 Å². The molecule has 0 radical (unpaired) electrons. The maximum atomic E-state index is 13.7. The fraction of sp³-hybridized carbons (Fsp3) is 0.500. The number of ether oxygens (including phenoxy) is 1. The standard InChI is InChI=1S/C24H29N5O4/c1-16-4-3-5-17(12-16)13-25-23(32)24(2)14-28-15-26-19(21(30)27-8-10-33-11-9-27)20(28)22(31)29(24)18-6-7-18/h3-5,12,15,18H,6-11,13-14H2,1-2H3,(H,25,32). The number of imidazole rings is 1. The van der Waals surface area contributed by atoms with E-state index in [1.165, 1.54) is 6.33 Å². The van der Waals surface area contributed by atoms with Crippen LogP contribution in [-0.4, -0.2) is 75.0 Å². The summed E-state index contributed by atoms with van der Waals surface area (Å²) in [5.74, 6) is -0.764. The highest BCUT2D eigenvalue weighted by Gasteiger charge is 2.53. The molecule has 1 atom stereocenters. The number of aryl methyl sites for hydroxylation is 1. The van der Waals surface area contributed by atoms with Crippen molar-refractivity contribution in [2.75, 3.05) is 26.3 Å². The Morgan fingerprint density at radius 1 is 1.24 bits per heavy atom. The first-order valence-electron chi connectivity index (χ1n) is 11.5. The van der Waals surface area contributed by atoms with Gasteiger partial charge < -0.3 is 24.4 Å². The first-order valence-corrected chi connectivity index (χ1v) is 11.5. The van der Waals surface area contributed by atoms with Gasteiger partial charge >= 0.3 is 0 Å². The molecule has 1 saturated heterocycles. The Bertz CT molecular complexity index is 1100. The van der Waals surface area contributed by atoms with Crippen molar-refractivity contribution >= 4 is 17.7 Å². The number of carbonyl (C=O) groups excluding carboxylic acids is 3. The van der Waals surface area contributed by atoms with E-state index >= 15 is 0 Å². The Kier molecular flexibility index (Phi) is 5.44. The number of amides is 3. The summed E-state index contributed by atoms with van der Waals surface area (Å²) in [6.45, 7) is 6.37. The number of hydrogen-bond acceptors (Lipinski definition) is 5. The molecule has 1 aromatic carbocycles. The van der Waals surface area contributed by atoms with Crippen LogP contribution in [0.2, 0.25) is 0 Å². The fourth-order valence-electron chi connectivity index (χ4n) is 4.82. The zero-order valence-electron chi connectivity index (χ0n) is 19.0. The van der Waals surface area contributed by atoms with Gasteiger partial charge in [0, 0.05) is 25.7 Å². The molecule has 1 N–H and O–H groups in total. The molecular weight excluding hydrogens is 422 g/mol. The van der Waals surface area contributed by atoms with E-state index in [1.54, 1.807) is 21.3 Å². The number of carbonyl (C=O) groups is 3. The van der Waals surface area contributed by atoms with Gasteiger partial charge in [0.1, 0.15) is 11.2 Å². The fourth-order valence-corrected chi connectivity index (χ4v) is 4.82. The normalized spacial score (nSPS) is 22.8. The molecule has 1 aromatic heterocycles. The van der Waals surface area contributed by atoms with Gasteiger partial charge in [0.05, 0.1) is 26.1 Å². The number of nitrogens with one attached hydrogen (secondary N) is 1. The quantitative estimate of drug-likeness (QED) is 0.741. The molecule has 2 aromatic rings. The van der Waals surface area contributed by atoms with E-state index in [2.05, 4.69) is 10.3 Å². The average molecular weight is 452 g/mol. The Labute approximate surface area is 192 Å². The molecule has 9 nitrogen and oxygen atoms in total. The summed E-state index contributed by atoms with van der Waals surface area (Å²) in [7, 11) is 0. The second-order valence-corrected chi connectivity index (χ2v) is 9.33. The van der Waals surface area contributed by atoms with E-state index in [9.17, 15) is 14.4 Å². The van der Waals surface area contributed by atoms with Gasteiger partial charge in [-0.15, -0.1) is 0 Å². The van der Waals surface area contributed by atoms with Gasteiger partial charge in [-0.25, -0.2) is 4.98 Å². The monoisotopic (exact) mass is 451 g/mol. The van der Waals surface area contributed by atoms with Gasteiger partial charge in [0.25, 0.3) is 11.8 Å².